The molecule has 1 aliphatic rings. The van der Waals surface area contributed by atoms with Gasteiger partial charge in [-0.15, -0.1) is 0 Å². The van der Waals surface area contributed by atoms with Crippen LogP contribution in [0.1, 0.15) is 23.6 Å². The standard InChI is InChI=1S/C18H19F3N4O2/c19-18(20,21)11-27-16-12(4-3-8-23-16)10-24-17(22)25-14-7-9-26-15-6-2-1-5-13(14)15/h1-6,8,14H,7,9-11H2,(H3,22,24,25). The predicted octanol–water partition coefficient (Wildman–Crippen LogP) is 2.95. The van der Waals surface area contributed by atoms with Crippen LogP contribution in [0, 0.1) is 0 Å². The van der Waals surface area contributed by atoms with Crippen LogP contribution < -0.4 is 20.5 Å². The average Bonchev–Trinajstić information content (AvgIpc) is 2.65. The monoisotopic (exact) mass is 380 g/mol. The van der Waals surface area contributed by atoms with Crippen molar-refractivity contribution in [1.82, 2.24) is 10.3 Å². The highest BCUT2D eigenvalue weighted by molar-refractivity contribution is 5.78. The van der Waals surface area contributed by atoms with E-state index in [1.807, 2.05) is 24.3 Å². The Morgan fingerprint density at radius 1 is 1.30 bits per heavy atom. The van der Waals surface area contributed by atoms with Crippen LogP contribution in [-0.2, 0) is 6.54 Å². The summed E-state index contributed by atoms with van der Waals surface area (Å²) in [5.74, 6) is 0.870. The average molecular weight is 380 g/mol. The highest BCUT2D eigenvalue weighted by Gasteiger charge is 2.29. The summed E-state index contributed by atoms with van der Waals surface area (Å²) >= 11 is 0. The largest absolute Gasteiger partial charge is 0.493 e. The molecule has 0 spiro atoms. The maximum absolute atomic E-state index is 12.3. The van der Waals surface area contributed by atoms with Crippen molar-refractivity contribution in [3.63, 3.8) is 0 Å². The van der Waals surface area contributed by atoms with Crippen molar-refractivity contribution >= 4 is 5.96 Å². The summed E-state index contributed by atoms with van der Waals surface area (Å²) in [6, 6.07) is 10.8. The molecule has 0 saturated carbocycles. The molecule has 27 heavy (non-hydrogen) atoms. The van der Waals surface area contributed by atoms with Crippen LogP contribution in [0.4, 0.5) is 13.2 Å². The Labute approximate surface area is 154 Å². The summed E-state index contributed by atoms with van der Waals surface area (Å²) in [6.45, 7) is -0.807. The zero-order valence-corrected chi connectivity index (χ0v) is 14.4. The van der Waals surface area contributed by atoms with E-state index in [-0.39, 0.29) is 24.4 Å². The summed E-state index contributed by atoms with van der Waals surface area (Å²) in [5, 5.41) is 3.13. The Kier molecular flexibility index (Phi) is 5.68. The first-order valence-corrected chi connectivity index (χ1v) is 8.34. The molecule has 3 N–H and O–H groups in total. The third-order valence-electron chi connectivity index (χ3n) is 3.92. The minimum atomic E-state index is -4.44. The Balaban J connectivity index is 1.65. The Hall–Kier alpha value is -2.97. The van der Waals surface area contributed by atoms with Gasteiger partial charge in [0, 0.05) is 23.7 Å². The molecule has 6 nitrogen and oxygen atoms in total. The van der Waals surface area contributed by atoms with Crippen molar-refractivity contribution in [2.45, 2.75) is 25.2 Å². The van der Waals surface area contributed by atoms with Gasteiger partial charge in [0.1, 0.15) is 5.75 Å². The molecule has 0 radical (unpaired) electrons. The second-order valence-corrected chi connectivity index (χ2v) is 5.94. The van der Waals surface area contributed by atoms with Crippen LogP contribution in [-0.4, -0.2) is 30.3 Å². The third-order valence-corrected chi connectivity index (χ3v) is 3.92. The van der Waals surface area contributed by atoms with E-state index in [9.17, 15) is 13.2 Å². The molecule has 0 saturated heterocycles. The van der Waals surface area contributed by atoms with Crippen molar-refractivity contribution in [2.75, 3.05) is 13.2 Å². The van der Waals surface area contributed by atoms with Gasteiger partial charge in [-0.05, 0) is 12.1 Å². The second-order valence-electron chi connectivity index (χ2n) is 5.94. The Morgan fingerprint density at radius 3 is 2.93 bits per heavy atom. The van der Waals surface area contributed by atoms with Crippen molar-refractivity contribution in [2.24, 2.45) is 10.7 Å². The Bertz CT molecular complexity index is 811. The number of hydrogen-bond donors (Lipinski definition) is 2. The molecular weight excluding hydrogens is 361 g/mol. The number of rotatable bonds is 5. The first-order valence-electron chi connectivity index (χ1n) is 8.34. The molecule has 1 atom stereocenters. The lowest BCUT2D eigenvalue weighted by molar-refractivity contribution is -0.154. The van der Waals surface area contributed by atoms with Gasteiger partial charge in [-0.25, -0.2) is 9.98 Å². The van der Waals surface area contributed by atoms with Crippen molar-refractivity contribution < 1.29 is 22.6 Å². The molecule has 3 rings (SSSR count). The fraction of sp³-hybridized carbons (Fsp3) is 0.333. The number of fused-ring (bicyclic) bond motifs is 1. The molecule has 9 heteroatoms. The highest BCUT2D eigenvalue weighted by Crippen LogP contribution is 2.31. The molecule has 0 fully saturated rings. The van der Waals surface area contributed by atoms with Gasteiger partial charge in [-0.1, -0.05) is 24.3 Å². The molecule has 2 heterocycles. The van der Waals surface area contributed by atoms with Gasteiger partial charge in [0.25, 0.3) is 0 Å². The third kappa shape index (κ3) is 5.25. The van der Waals surface area contributed by atoms with Crippen LogP contribution in [0.3, 0.4) is 0 Å². The van der Waals surface area contributed by atoms with Crippen molar-refractivity contribution in [3.05, 3.63) is 53.7 Å². The molecule has 2 aromatic rings. The number of alkyl halides is 3. The molecule has 1 aromatic heterocycles. The fourth-order valence-corrected chi connectivity index (χ4v) is 2.71. The van der Waals surface area contributed by atoms with Crippen LogP contribution >= 0.6 is 0 Å². The van der Waals surface area contributed by atoms with Crippen LogP contribution in [0.25, 0.3) is 0 Å². The van der Waals surface area contributed by atoms with Gasteiger partial charge >= 0.3 is 6.18 Å². The van der Waals surface area contributed by atoms with Gasteiger partial charge in [-0.3, -0.25) is 0 Å². The van der Waals surface area contributed by atoms with Crippen LogP contribution in [0.5, 0.6) is 11.6 Å². The lowest BCUT2D eigenvalue weighted by atomic mass is 10.0. The van der Waals surface area contributed by atoms with Gasteiger partial charge in [0.15, 0.2) is 12.6 Å². The van der Waals surface area contributed by atoms with E-state index in [0.717, 1.165) is 17.7 Å². The van der Waals surface area contributed by atoms with E-state index in [1.165, 1.54) is 6.20 Å². The summed E-state index contributed by atoms with van der Waals surface area (Å²) in [7, 11) is 0. The maximum Gasteiger partial charge on any atom is 0.422 e. The quantitative estimate of drug-likeness (QED) is 0.616. The number of pyridine rings is 1. The topological polar surface area (TPSA) is 81.8 Å². The Morgan fingerprint density at radius 2 is 2.11 bits per heavy atom. The number of nitrogens with zero attached hydrogens (tertiary/aromatic N) is 2. The van der Waals surface area contributed by atoms with Gasteiger partial charge in [0.2, 0.25) is 5.88 Å². The molecule has 0 aliphatic carbocycles. The van der Waals surface area contributed by atoms with E-state index in [1.54, 1.807) is 12.1 Å². The lowest BCUT2D eigenvalue weighted by Crippen LogP contribution is -2.37. The zero-order chi connectivity index (χ0) is 19.3. The minimum Gasteiger partial charge on any atom is -0.493 e. The number of ether oxygens (including phenoxy) is 2. The summed E-state index contributed by atoms with van der Waals surface area (Å²) < 4.78 is 47.4. The first-order chi connectivity index (χ1) is 12.9. The maximum atomic E-state index is 12.3. The van der Waals surface area contributed by atoms with Crippen LogP contribution in [0.2, 0.25) is 0 Å². The van der Waals surface area contributed by atoms with E-state index < -0.39 is 12.8 Å². The van der Waals surface area contributed by atoms with E-state index in [2.05, 4.69) is 15.3 Å². The first kappa shape index (κ1) is 18.8. The molecule has 0 amide bonds. The molecule has 1 aromatic carbocycles. The fourth-order valence-electron chi connectivity index (χ4n) is 2.71. The number of hydrogen-bond acceptors (Lipinski definition) is 4. The lowest BCUT2D eigenvalue weighted by Gasteiger charge is -2.26. The van der Waals surface area contributed by atoms with Gasteiger partial charge in [-0.2, -0.15) is 13.2 Å². The smallest absolute Gasteiger partial charge is 0.422 e. The zero-order valence-electron chi connectivity index (χ0n) is 14.4. The number of benzene rings is 1. The molecule has 1 aliphatic heterocycles. The number of aromatic nitrogens is 1. The van der Waals surface area contributed by atoms with Crippen LogP contribution in [0.15, 0.2) is 47.6 Å². The number of aliphatic imine (C=N–C) groups is 1. The second kappa shape index (κ2) is 8.15. The number of halogens is 3. The van der Waals surface area contributed by atoms with E-state index in [4.69, 9.17) is 15.2 Å². The van der Waals surface area contributed by atoms with Gasteiger partial charge < -0.3 is 20.5 Å². The highest BCUT2D eigenvalue weighted by atomic mass is 19.4. The van der Waals surface area contributed by atoms with Crippen molar-refractivity contribution in [3.8, 4) is 11.6 Å². The van der Waals surface area contributed by atoms with Crippen molar-refractivity contribution in [1.29, 1.82) is 0 Å². The molecule has 0 bridgehead atoms. The number of guanidine groups is 1. The summed E-state index contributed by atoms with van der Waals surface area (Å²) in [4.78, 5) is 8.04. The molecule has 1 unspecified atom stereocenters. The normalized spacial score (nSPS) is 17.0. The molecule has 144 valence electrons. The van der Waals surface area contributed by atoms with E-state index in [0.29, 0.717) is 12.2 Å². The number of para-hydroxylation sites is 1. The van der Waals surface area contributed by atoms with E-state index >= 15 is 0 Å². The molecular formula is C18H19F3N4O2. The predicted molar refractivity (Wildman–Crippen MR) is 93.5 cm³/mol. The number of nitrogens with two attached hydrogens (primary N) is 1. The number of nitrogens with one attached hydrogen (secondary N) is 1. The van der Waals surface area contributed by atoms with Gasteiger partial charge in [0.05, 0.1) is 19.2 Å². The summed E-state index contributed by atoms with van der Waals surface area (Å²) in [5.41, 5.74) is 7.36. The summed E-state index contributed by atoms with van der Waals surface area (Å²) in [6.07, 6.45) is -2.35. The SMILES string of the molecule is NC(=NCc1cccnc1OCC(F)(F)F)NC1CCOc2ccccc21. The minimum absolute atomic E-state index is 0.0464.